The fourth-order valence-corrected chi connectivity index (χ4v) is 1.77. The zero-order chi connectivity index (χ0) is 15.2. The van der Waals surface area contributed by atoms with Gasteiger partial charge < -0.3 is 15.8 Å². The summed E-state index contributed by atoms with van der Waals surface area (Å²) in [6.07, 6.45) is 1.90. The van der Waals surface area contributed by atoms with Crippen molar-refractivity contribution in [2.24, 2.45) is 0 Å². The zero-order valence-electron chi connectivity index (χ0n) is 12.2. The predicted molar refractivity (Wildman–Crippen MR) is 81.4 cm³/mol. The second kappa shape index (κ2) is 6.90. The summed E-state index contributed by atoms with van der Waals surface area (Å²) >= 11 is 0. The topological polar surface area (TPSA) is 82.2 Å². The number of carbonyl (C=O) groups excluding carboxylic acids is 1. The molecule has 0 saturated carbocycles. The van der Waals surface area contributed by atoms with E-state index in [0.717, 1.165) is 5.69 Å². The van der Waals surface area contributed by atoms with Crippen LogP contribution in [-0.4, -0.2) is 34.9 Å². The number of nitrogens with one attached hydrogen (secondary N) is 1. The molecule has 6 nitrogen and oxygen atoms in total. The molecule has 0 spiro atoms. The van der Waals surface area contributed by atoms with Crippen LogP contribution in [-0.2, 0) is 4.74 Å². The number of amides is 1. The van der Waals surface area contributed by atoms with E-state index >= 15 is 0 Å². The van der Waals surface area contributed by atoms with E-state index in [-0.39, 0.29) is 12.0 Å². The van der Waals surface area contributed by atoms with Crippen molar-refractivity contribution in [2.75, 3.05) is 18.9 Å². The summed E-state index contributed by atoms with van der Waals surface area (Å²) in [5.41, 5.74) is 7.56. The Balaban J connectivity index is 1.93. The fourth-order valence-electron chi connectivity index (χ4n) is 1.77. The lowest BCUT2D eigenvalue weighted by Crippen LogP contribution is -2.28. The highest BCUT2D eigenvalue weighted by atomic mass is 16.5. The fraction of sp³-hybridized carbons (Fsp3) is 0.333. The molecule has 0 aliphatic carbocycles. The number of ether oxygens (including phenoxy) is 1. The number of nitrogens with two attached hydrogens (primary N) is 1. The van der Waals surface area contributed by atoms with Gasteiger partial charge in [-0.15, -0.1) is 0 Å². The van der Waals surface area contributed by atoms with Crippen LogP contribution in [0.4, 0.5) is 5.69 Å². The number of hydrogen-bond donors (Lipinski definition) is 2. The van der Waals surface area contributed by atoms with Crippen LogP contribution in [0.2, 0.25) is 0 Å². The van der Waals surface area contributed by atoms with E-state index in [1.54, 1.807) is 29.1 Å². The summed E-state index contributed by atoms with van der Waals surface area (Å²) in [7, 11) is 0. The summed E-state index contributed by atoms with van der Waals surface area (Å²) in [6, 6.07) is 8.95. The van der Waals surface area contributed by atoms with Crippen molar-refractivity contribution in [3.8, 4) is 5.69 Å². The maximum atomic E-state index is 11.9. The second-order valence-electron chi connectivity index (χ2n) is 4.91. The van der Waals surface area contributed by atoms with Crippen molar-refractivity contribution in [3.05, 3.63) is 42.2 Å². The normalized spacial score (nSPS) is 10.8. The second-order valence-corrected chi connectivity index (χ2v) is 4.91. The van der Waals surface area contributed by atoms with E-state index in [2.05, 4.69) is 10.4 Å². The lowest BCUT2D eigenvalue weighted by Gasteiger charge is -2.07. The minimum atomic E-state index is -0.212. The smallest absolute Gasteiger partial charge is 0.271 e. The molecule has 0 unspecified atom stereocenters. The van der Waals surface area contributed by atoms with Gasteiger partial charge in [0.05, 0.1) is 18.4 Å². The van der Waals surface area contributed by atoms with Crippen LogP contribution in [0.1, 0.15) is 24.3 Å². The van der Waals surface area contributed by atoms with E-state index in [0.29, 0.717) is 24.5 Å². The molecule has 1 aromatic carbocycles. The van der Waals surface area contributed by atoms with E-state index in [1.807, 2.05) is 26.0 Å². The first-order valence-electron chi connectivity index (χ1n) is 6.87. The Morgan fingerprint density at radius 3 is 2.71 bits per heavy atom. The van der Waals surface area contributed by atoms with Crippen molar-refractivity contribution in [1.29, 1.82) is 0 Å². The van der Waals surface area contributed by atoms with Crippen molar-refractivity contribution < 1.29 is 9.53 Å². The molecule has 0 atom stereocenters. The molecule has 1 amide bonds. The molecule has 112 valence electrons. The molecular formula is C15H20N4O2. The van der Waals surface area contributed by atoms with Crippen molar-refractivity contribution >= 4 is 11.6 Å². The average molecular weight is 288 g/mol. The van der Waals surface area contributed by atoms with Crippen LogP contribution in [0, 0.1) is 0 Å². The van der Waals surface area contributed by atoms with Gasteiger partial charge in [-0.25, -0.2) is 4.68 Å². The Labute approximate surface area is 123 Å². The van der Waals surface area contributed by atoms with Crippen LogP contribution >= 0.6 is 0 Å². The minimum absolute atomic E-state index is 0.159. The minimum Gasteiger partial charge on any atom is -0.399 e. The van der Waals surface area contributed by atoms with Gasteiger partial charge in [-0.05, 0) is 44.2 Å². The van der Waals surface area contributed by atoms with Gasteiger partial charge in [0.2, 0.25) is 0 Å². The molecule has 0 fully saturated rings. The van der Waals surface area contributed by atoms with Gasteiger partial charge in [-0.2, -0.15) is 5.10 Å². The van der Waals surface area contributed by atoms with Gasteiger partial charge in [-0.3, -0.25) is 4.79 Å². The average Bonchev–Trinajstić information content (AvgIpc) is 2.94. The van der Waals surface area contributed by atoms with Gasteiger partial charge in [0, 0.05) is 18.4 Å². The first-order valence-corrected chi connectivity index (χ1v) is 6.87. The number of nitrogen functional groups attached to an aromatic ring is 1. The van der Waals surface area contributed by atoms with Gasteiger partial charge in [-0.1, -0.05) is 0 Å². The summed E-state index contributed by atoms with van der Waals surface area (Å²) in [5, 5.41) is 7.02. The SMILES string of the molecule is CC(C)OCCNC(=O)c1ccn(-c2ccc(N)cc2)n1. The number of rotatable bonds is 6. The van der Waals surface area contributed by atoms with Crippen LogP contribution in [0.3, 0.4) is 0 Å². The standard InChI is InChI=1S/C15H20N4O2/c1-11(2)21-10-8-17-15(20)14-7-9-19(18-14)13-5-3-12(16)4-6-13/h3-7,9,11H,8,10,16H2,1-2H3,(H,17,20). The summed E-state index contributed by atoms with van der Waals surface area (Å²) in [6.45, 7) is 4.86. The van der Waals surface area contributed by atoms with Gasteiger partial charge in [0.25, 0.3) is 5.91 Å². The molecule has 3 N–H and O–H groups in total. The van der Waals surface area contributed by atoms with Crippen molar-refractivity contribution in [1.82, 2.24) is 15.1 Å². The maximum Gasteiger partial charge on any atom is 0.271 e. The van der Waals surface area contributed by atoms with E-state index < -0.39 is 0 Å². The Hall–Kier alpha value is -2.34. The molecule has 1 aromatic heterocycles. The molecule has 0 saturated heterocycles. The third kappa shape index (κ3) is 4.32. The quantitative estimate of drug-likeness (QED) is 0.625. The number of carbonyl (C=O) groups is 1. The van der Waals surface area contributed by atoms with Crippen LogP contribution in [0.5, 0.6) is 0 Å². The van der Waals surface area contributed by atoms with Gasteiger partial charge in [0.1, 0.15) is 0 Å². The van der Waals surface area contributed by atoms with Gasteiger partial charge in [0.15, 0.2) is 5.69 Å². The first-order chi connectivity index (χ1) is 10.1. The highest BCUT2D eigenvalue weighted by molar-refractivity contribution is 5.92. The molecule has 1 heterocycles. The van der Waals surface area contributed by atoms with Crippen LogP contribution in [0.25, 0.3) is 5.69 Å². The lowest BCUT2D eigenvalue weighted by molar-refractivity contribution is 0.0744. The largest absolute Gasteiger partial charge is 0.399 e. The monoisotopic (exact) mass is 288 g/mol. The Bertz CT molecular complexity index is 590. The van der Waals surface area contributed by atoms with E-state index in [9.17, 15) is 4.79 Å². The van der Waals surface area contributed by atoms with Crippen LogP contribution < -0.4 is 11.1 Å². The summed E-state index contributed by atoms with van der Waals surface area (Å²) < 4.78 is 7.00. The Morgan fingerprint density at radius 2 is 2.05 bits per heavy atom. The predicted octanol–water partition coefficient (Wildman–Crippen LogP) is 1.61. The molecule has 0 radical (unpaired) electrons. The molecule has 0 aliphatic rings. The molecular weight excluding hydrogens is 268 g/mol. The van der Waals surface area contributed by atoms with Gasteiger partial charge >= 0.3 is 0 Å². The number of hydrogen-bond acceptors (Lipinski definition) is 4. The number of aromatic nitrogens is 2. The molecule has 6 heteroatoms. The number of benzene rings is 1. The number of anilines is 1. The molecule has 2 aromatic rings. The lowest BCUT2D eigenvalue weighted by atomic mass is 10.3. The van der Waals surface area contributed by atoms with E-state index in [4.69, 9.17) is 10.5 Å². The number of nitrogens with zero attached hydrogens (tertiary/aromatic N) is 2. The Kier molecular flexibility index (Phi) is 4.94. The first kappa shape index (κ1) is 15.1. The van der Waals surface area contributed by atoms with E-state index in [1.165, 1.54) is 0 Å². The zero-order valence-corrected chi connectivity index (χ0v) is 12.2. The highest BCUT2D eigenvalue weighted by Gasteiger charge is 2.09. The van der Waals surface area contributed by atoms with Crippen molar-refractivity contribution in [3.63, 3.8) is 0 Å². The third-order valence-electron chi connectivity index (χ3n) is 2.82. The third-order valence-corrected chi connectivity index (χ3v) is 2.82. The highest BCUT2D eigenvalue weighted by Crippen LogP contribution is 2.10. The Morgan fingerprint density at radius 1 is 1.33 bits per heavy atom. The maximum absolute atomic E-state index is 11.9. The molecule has 0 aliphatic heterocycles. The summed E-state index contributed by atoms with van der Waals surface area (Å²) in [5.74, 6) is -0.212. The summed E-state index contributed by atoms with van der Waals surface area (Å²) in [4.78, 5) is 11.9. The van der Waals surface area contributed by atoms with Crippen LogP contribution in [0.15, 0.2) is 36.5 Å². The molecule has 0 bridgehead atoms. The molecule has 21 heavy (non-hydrogen) atoms. The molecule has 2 rings (SSSR count). The van der Waals surface area contributed by atoms with Crippen molar-refractivity contribution in [2.45, 2.75) is 20.0 Å².